The molecule has 1 aliphatic heterocycles. The Kier molecular flexibility index (Phi) is 4.68. The van der Waals surface area contributed by atoms with Crippen molar-refractivity contribution in [1.29, 1.82) is 0 Å². The van der Waals surface area contributed by atoms with Gasteiger partial charge in [0, 0.05) is 26.2 Å². The number of hydrogen-bond donors (Lipinski definition) is 0. The summed E-state index contributed by atoms with van der Waals surface area (Å²) in [5.41, 5.74) is 3.41. The van der Waals surface area contributed by atoms with Gasteiger partial charge >= 0.3 is 0 Å². The summed E-state index contributed by atoms with van der Waals surface area (Å²) in [6.45, 7) is 5.84. The van der Waals surface area contributed by atoms with Crippen molar-refractivity contribution < 1.29 is 14.0 Å². The maximum absolute atomic E-state index is 12.8. The third-order valence-electron chi connectivity index (χ3n) is 4.77. The Bertz CT molecular complexity index is 981. The van der Waals surface area contributed by atoms with Crippen LogP contribution >= 0.6 is 0 Å². The molecule has 1 aromatic carbocycles. The summed E-state index contributed by atoms with van der Waals surface area (Å²) in [6.07, 6.45) is 3.13. The standard InChI is InChI=1S/C20H21N5O3/c1-14-10-15(2)12-16(11-14)25-13-17(21-22-25)19(26)23-5-7-24(8-6-23)20(27)18-4-3-9-28-18/h3-4,9-13H,5-8H2,1-2H3. The summed E-state index contributed by atoms with van der Waals surface area (Å²) in [7, 11) is 0. The van der Waals surface area contributed by atoms with E-state index < -0.39 is 0 Å². The van der Waals surface area contributed by atoms with Crippen molar-refractivity contribution in [3.8, 4) is 5.69 Å². The number of rotatable bonds is 3. The number of carbonyl (C=O) groups is 2. The molecule has 2 amide bonds. The Morgan fingerprint density at radius 3 is 2.21 bits per heavy atom. The molecule has 144 valence electrons. The molecule has 0 radical (unpaired) electrons. The van der Waals surface area contributed by atoms with Gasteiger partial charge in [0.05, 0.1) is 18.1 Å². The molecule has 0 atom stereocenters. The highest BCUT2D eigenvalue weighted by Gasteiger charge is 2.27. The second-order valence-electron chi connectivity index (χ2n) is 6.96. The second-order valence-corrected chi connectivity index (χ2v) is 6.96. The van der Waals surface area contributed by atoms with Gasteiger partial charge in [-0.25, -0.2) is 4.68 Å². The van der Waals surface area contributed by atoms with Crippen molar-refractivity contribution in [3.05, 3.63) is 65.4 Å². The van der Waals surface area contributed by atoms with E-state index in [9.17, 15) is 9.59 Å². The van der Waals surface area contributed by atoms with E-state index in [1.165, 1.54) is 6.26 Å². The first-order chi connectivity index (χ1) is 13.5. The van der Waals surface area contributed by atoms with E-state index in [0.717, 1.165) is 16.8 Å². The SMILES string of the molecule is Cc1cc(C)cc(-n2cc(C(=O)N3CCN(C(=O)c4ccco4)CC3)nn2)c1. The highest BCUT2D eigenvalue weighted by atomic mass is 16.3. The Labute approximate surface area is 162 Å². The fraction of sp³-hybridized carbons (Fsp3) is 0.300. The lowest BCUT2D eigenvalue weighted by atomic mass is 10.1. The fourth-order valence-corrected chi connectivity index (χ4v) is 3.40. The van der Waals surface area contributed by atoms with Gasteiger partial charge in [-0.1, -0.05) is 11.3 Å². The summed E-state index contributed by atoms with van der Waals surface area (Å²) < 4.78 is 6.78. The predicted molar refractivity (Wildman–Crippen MR) is 101 cm³/mol. The topological polar surface area (TPSA) is 84.5 Å². The van der Waals surface area contributed by atoms with Crippen LogP contribution in [0.25, 0.3) is 5.69 Å². The highest BCUT2D eigenvalue weighted by molar-refractivity contribution is 5.93. The van der Waals surface area contributed by atoms with Crippen molar-refractivity contribution in [2.45, 2.75) is 13.8 Å². The maximum atomic E-state index is 12.8. The normalized spacial score (nSPS) is 14.4. The van der Waals surface area contributed by atoms with E-state index in [4.69, 9.17) is 4.42 Å². The largest absolute Gasteiger partial charge is 0.459 e. The molecule has 28 heavy (non-hydrogen) atoms. The molecule has 0 spiro atoms. The van der Waals surface area contributed by atoms with Gasteiger partial charge in [0.25, 0.3) is 11.8 Å². The zero-order valence-electron chi connectivity index (χ0n) is 15.8. The lowest BCUT2D eigenvalue weighted by molar-refractivity contribution is 0.0515. The van der Waals surface area contributed by atoms with E-state index in [-0.39, 0.29) is 11.8 Å². The number of nitrogens with zero attached hydrogens (tertiary/aromatic N) is 5. The minimum Gasteiger partial charge on any atom is -0.459 e. The molecule has 0 aliphatic carbocycles. The van der Waals surface area contributed by atoms with Crippen molar-refractivity contribution in [2.75, 3.05) is 26.2 Å². The predicted octanol–water partition coefficient (Wildman–Crippen LogP) is 2.08. The van der Waals surface area contributed by atoms with Crippen LogP contribution in [0.15, 0.2) is 47.2 Å². The zero-order chi connectivity index (χ0) is 19.7. The molecule has 2 aromatic heterocycles. The van der Waals surface area contributed by atoms with E-state index in [1.807, 2.05) is 26.0 Å². The fourth-order valence-electron chi connectivity index (χ4n) is 3.40. The number of furan rings is 1. The van der Waals surface area contributed by atoms with Gasteiger partial charge in [0.1, 0.15) is 0 Å². The average Bonchev–Trinajstić information content (AvgIpc) is 3.38. The summed E-state index contributed by atoms with van der Waals surface area (Å²) >= 11 is 0. The minimum atomic E-state index is -0.180. The van der Waals surface area contributed by atoms with Crippen molar-refractivity contribution in [2.24, 2.45) is 0 Å². The Morgan fingerprint density at radius 1 is 0.964 bits per heavy atom. The molecule has 8 heteroatoms. The quantitative estimate of drug-likeness (QED) is 0.696. The average molecular weight is 379 g/mol. The van der Waals surface area contributed by atoms with Gasteiger partial charge in [-0.3, -0.25) is 9.59 Å². The summed E-state index contributed by atoms with van der Waals surface area (Å²) in [5, 5.41) is 8.15. The molecule has 1 fully saturated rings. The lowest BCUT2D eigenvalue weighted by Crippen LogP contribution is -2.50. The van der Waals surface area contributed by atoms with Gasteiger partial charge in [-0.15, -0.1) is 5.10 Å². The summed E-state index contributed by atoms with van der Waals surface area (Å²) in [6, 6.07) is 9.40. The first kappa shape index (κ1) is 18.0. The molecule has 0 N–H and O–H groups in total. The molecular formula is C20H21N5O3. The summed E-state index contributed by atoms with van der Waals surface area (Å²) in [5.74, 6) is -0.0187. The van der Waals surface area contributed by atoms with E-state index >= 15 is 0 Å². The maximum Gasteiger partial charge on any atom is 0.289 e. The van der Waals surface area contributed by atoms with Crippen LogP contribution in [-0.4, -0.2) is 62.8 Å². The van der Waals surface area contributed by atoms with E-state index in [1.54, 1.807) is 32.8 Å². The van der Waals surface area contributed by atoms with Gasteiger partial charge in [0.15, 0.2) is 11.5 Å². The van der Waals surface area contributed by atoms with E-state index in [2.05, 4.69) is 16.4 Å². The number of benzene rings is 1. The Morgan fingerprint density at radius 2 is 1.61 bits per heavy atom. The van der Waals surface area contributed by atoms with Crippen LogP contribution in [0.3, 0.4) is 0 Å². The zero-order valence-corrected chi connectivity index (χ0v) is 15.8. The second kappa shape index (κ2) is 7.30. The van der Waals surface area contributed by atoms with Crippen molar-refractivity contribution in [3.63, 3.8) is 0 Å². The van der Waals surface area contributed by atoms with Crippen LogP contribution in [0.5, 0.6) is 0 Å². The van der Waals surface area contributed by atoms with Crippen LogP contribution in [0.1, 0.15) is 32.2 Å². The number of amides is 2. The molecule has 4 rings (SSSR count). The van der Waals surface area contributed by atoms with E-state index in [0.29, 0.717) is 37.6 Å². The number of aryl methyl sites for hydroxylation is 2. The van der Waals surface area contributed by atoms with Gasteiger partial charge in [-0.05, 0) is 49.2 Å². The monoisotopic (exact) mass is 379 g/mol. The first-order valence-electron chi connectivity index (χ1n) is 9.14. The smallest absolute Gasteiger partial charge is 0.289 e. The Hall–Kier alpha value is -3.42. The van der Waals surface area contributed by atoms with Crippen LogP contribution in [0.4, 0.5) is 0 Å². The van der Waals surface area contributed by atoms with Gasteiger partial charge in [0.2, 0.25) is 0 Å². The van der Waals surface area contributed by atoms with Crippen molar-refractivity contribution in [1.82, 2.24) is 24.8 Å². The van der Waals surface area contributed by atoms with Crippen molar-refractivity contribution >= 4 is 11.8 Å². The molecule has 0 saturated carbocycles. The van der Waals surface area contributed by atoms with Crippen LogP contribution in [0, 0.1) is 13.8 Å². The highest BCUT2D eigenvalue weighted by Crippen LogP contribution is 2.15. The molecule has 3 heterocycles. The molecule has 1 saturated heterocycles. The number of piperazine rings is 1. The van der Waals surface area contributed by atoms with Crippen LogP contribution in [0.2, 0.25) is 0 Å². The molecular weight excluding hydrogens is 358 g/mol. The number of carbonyl (C=O) groups excluding carboxylic acids is 2. The lowest BCUT2D eigenvalue weighted by Gasteiger charge is -2.33. The molecule has 0 unspecified atom stereocenters. The molecule has 8 nitrogen and oxygen atoms in total. The van der Waals surface area contributed by atoms with Crippen LogP contribution < -0.4 is 0 Å². The molecule has 0 bridgehead atoms. The van der Waals surface area contributed by atoms with Gasteiger partial charge < -0.3 is 14.2 Å². The third-order valence-corrected chi connectivity index (χ3v) is 4.77. The third kappa shape index (κ3) is 3.53. The number of hydrogen-bond acceptors (Lipinski definition) is 5. The summed E-state index contributed by atoms with van der Waals surface area (Å²) in [4.78, 5) is 28.5. The first-order valence-corrected chi connectivity index (χ1v) is 9.14. The Balaban J connectivity index is 1.42. The minimum absolute atomic E-state index is 0.155. The van der Waals surface area contributed by atoms with Gasteiger partial charge in [-0.2, -0.15) is 0 Å². The molecule has 3 aromatic rings. The van der Waals surface area contributed by atoms with Crippen LogP contribution in [-0.2, 0) is 0 Å². The number of aromatic nitrogens is 3. The molecule has 1 aliphatic rings.